The Balaban J connectivity index is 1.79. The molecule has 1 aromatic heterocycles. The van der Waals surface area contributed by atoms with Gasteiger partial charge in [0.2, 0.25) is 0 Å². The van der Waals surface area contributed by atoms with Crippen LogP contribution in [0.25, 0.3) is 11.3 Å². The standard InChI is InChI=1S/C19H18N2O3/c1-13-17(18(21-24-13)15-8-4-3-5-9-15)19(22)20-12-14-7-6-10-16(11-14)23-2/h3-11H,12H2,1-2H3,(H,20,22). The highest BCUT2D eigenvalue weighted by atomic mass is 16.5. The summed E-state index contributed by atoms with van der Waals surface area (Å²) in [7, 11) is 1.62. The summed E-state index contributed by atoms with van der Waals surface area (Å²) in [5.74, 6) is 1.04. The second-order valence-electron chi connectivity index (χ2n) is 5.36. The Kier molecular flexibility index (Phi) is 4.61. The molecule has 3 rings (SSSR count). The van der Waals surface area contributed by atoms with E-state index in [1.54, 1.807) is 14.0 Å². The minimum Gasteiger partial charge on any atom is -0.497 e. The summed E-state index contributed by atoms with van der Waals surface area (Å²) in [6, 6.07) is 17.1. The molecular formula is C19H18N2O3. The molecule has 0 saturated carbocycles. The van der Waals surface area contributed by atoms with Crippen LogP contribution in [0.5, 0.6) is 5.75 Å². The van der Waals surface area contributed by atoms with E-state index in [-0.39, 0.29) is 5.91 Å². The molecule has 0 aliphatic carbocycles. The predicted octanol–water partition coefficient (Wildman–Crippen LogP) is 3.59. The van der Waals surface area contributed by atoms with Gasteiger partial charge in [0.1, 0.15) is 22.8 Å². The number of ether oxygens (including phenoxy) is 1. The Morgan fingerprint density at radius 3 is 2.71 bits per heavy atom. The molecule has 0 spiro atoms. The fourth-order valence-electron chi connectivity index (χ4n) is 2.49. The SMILES string of the molecule is COc1cccc(CNC(=O)c2c(-c3ccccc3)noc2C)c1. The zero-order valence-corrected chi connectivity index (χ0v) is 13.6. The van der Waals surface area contributed by atoms with Crippen LogP contribution in [0, 0.1) is 6.92 Å². The summed E-state index contributed by atoms with van der Waals surface area (Å²) in [4.78, 5) is 12.6. The van der Waals surface area contributed by atoms with Crippen molar-refractivity contribution < 1.29 is 14.1 Å². The number of benzene rings is 2. The van der Waals surface area contributed by atoms with E-state index >= 15 is 0 Å². The number of nitrogens with zero attached hydrogens (tertiary/aromatic N) is 1. The van der Waals surface area contributed by atoms with E-state index in [9.17, 15) is 4.79 Å². The second-order valence-corrected chi connectivity index (χ2v) is 5.36. The van der Waals surface area contributed by atoms with E-state index in [2.05, 4.69) is 10.5 Å². The molecule has 1 heterocycles. The third kappa shape index (κ3) is 3.30. The van der Waals surface area contributed by atoms with Crippen LogP contribution < -0.4 is 10.1 Å². The number of aromatic nitrogens is 1. The monoisotopic (exact) mass is 322 g/mol. The summed E-state index contributed by atoms with van der Waals surface area (Å²) in [6.45, 7) is 2.13. The molecule has 1 N–H and O–H groups in total. The van der Waals surface area contributed by atoms with Crippen LogP contribution in [0.15, 0.2) is 59.1 Å². The molecule has 1 amide bonds. The molecule has 0 fully saturated rings. The van der Waals surface area contributed by atoms with Gasteiger partial charge in [0.25, 0.3) is 5.91 Å². The van der Waals surface area contributed by atoms with Crippen molar-refractivity contribution in [2.24, 2.45) is 0 Å². The van der Waals surface area contributed by atoms with Crippen LogP contribution in [0.4, 0.5) is 0 Å². The molecule has 24 heavy (non-hydrogen) atoms. The third-order valence-corrected chi connectivity index (χ3v) is 3.72. The van der Waals surface area contributed by atoms with E-state index in [1.807, 2.05) is 54.6 Å². The molecule has 0 aliphatic rings. The molecule has 5 heteroatoms. The Hall–Kier alpha value is -3.08. The summed E-state index contributed by atoms with van der Waals surface area (Å²) in [5, 5.41) is 6.94. The Morgan fingerprint density at radius 1 is 1.17 bits per heavy atom. The first-order chi connectivity index (χ1) is 11.7. The molecule has 0 saturated heterocycles. The third-order valence-electron chi connectivity index (χ3n) is 3.72. The van der Waals surface area contributed by atoms with E-state index < -0.39 is 0 Å². The van der Waals surface area contributed by atoms with Crippen LogP contribution in [-0.4, -0.2) is 18.2 Å². The van der Waals surface area contributed by atoms with Crippen molar-refractivity contribution in [3.05, 3.63) is 71.5 Å². The number of methoxy groups -OCH3 is 1. The number of hydrogen-bond donors (Lipinski definition) is 1. The van der Waals surface area contributed by atoms with Crippen molar-refractivity contribution in [1.29, 1.82) is 0 Å². The van der Waals surface area contributed by atoms with Gasteiger partial charge >= 0.3 is 0 Å². The van der Waals surface area contributed by atoms with E-state index in [1.165, 1.54) is 0 Å². The predicted molar refractivity (Wildman–Crippen MR) is 90.8 cm³/mol. The lowest BCUT2D eigenvalue weighted by Crippen LogP contribution is -2.23. The van der Waals surface area contributed by atoms with E-state index in [4.69, 9.17) is 9.26 Å². The van der Waals surface area contributed by atoms with Gasteiger partial charge in [0, 0.05) is 12.1 Å². The van der Waals surface area contributed by atoms with Gasteiger partial charge in [0.05, 0.1) is 7.11 Å². The molecule has 3 aromatic rings. The van der Waals surface area contributed by atoms with Crippen molar-refractivity contribution in [1.82, 2.24) is 10.5 Å². The van der Waals surface area contributed by atoms with Gasteiger partial charge in [-0.25, -0.2) is 0 Å². The zero-order valence-electron chi connectivity index (χ0n) is 13.6. The fraction of sp³-hybridized carbons (Fsp3) is 0.158. The Labute approximate surface area is 140 Å². The summed E-state index contributed by atoms with van der Waals surface area (Å²) < 4.78 is 10.4. The maximum atomic E-state index is 12.6. The number of carbonyl (C=O) groups is 1. The topological polar surface area (TPSA) is 64.4 Å². The molecule has 122 valence electrons. The zero-order chi connectivity index (χ0) is 16.9. The van der Waals surface area contributed by atoms with Gasteiger partial charge in [-0.2, -0.15) is 0 Å². The van der Waals surface area contributed by atoms with Gasteiger partial charge in [-0.05, 0) is 24.6 Å². The average Bonchev–Trinajstić information content (AvgIpc) is 3.02. The quantitative estimate of drug-likeness (QED) is 0.779. The van der Waals surface area contributed by atoms with Crippen molar-refractivity contribution in [2.75, 3.05) is 7.11 Å². The summed E-state index contributed by atoms with van der Waals surface area (Å²) in [6.07, 6.45) is 0. The summed E-state index contributed by atoms with van der Waals surface area (Å²) >= 11 is 0. The van der Waals surface area contributed by atoms with Gasteiger partial charge in [-0.1, -0.05) is 47.6 Å². The van der Waals surface area contributed by atoms with Gasteiger partial charge in [-0.15, -0.1) is 0 Å². The lowest BCUT2D eigenvalue weighted by Gasteiger charge is -2.07. The van der Waals surface area contributed by atoms with Crippen molar-refractivity contribution in [3.8, 4) is 17.0 Å². The van der Waals surface area contributed by atoms with Gasteiger partial charge in [-0.3, -0.25) is 4.79 Å². The minimum atomic E-state index is -0.213. The van der Waals surface area contributed by atoms with Crippen molar-refractivity contribution in [2.45, 2.75) is 13.5 Å². The maximum Gasteiger partial charge on any atom is 0.257 e. The summed E-state index contributed by atoms with van der Waals surface area (Å²) in [5.41, 5.74) is 2.82. The van der Waals surface area contributed by atoms with Gasteiger partial charge < -0.3 is 14.6 Å². The second kappa shape index (κ2) is 7.00. The number of carbonyl (C=O) groups excluding carboxylic acids is 1. The Bertz CT molecular complexity index is 841. The number of nitrogens with one attached hydrogen (secondary N) is 1. The molecule has 5 nitrogen and oxygen atoms in total. The van der Waals surface area contributed by atoms with Crippen molar-refractivity contribution >= 4 is 5.91 Å². The van der Waals surface area contributed by atoms with Crippen LogP contribution >= 0.6 is 0 Å². The first-order valence-corrected chi connectivity index (χ1v) is 7.62. The lowest BCUT2D eigenvalue weighted by atomic mass is 10.1. The average molecular weight is 322 g/mol. The minimum absolute atomic E-state index is 0.213. The number of rotatable bonds is 5. The number of hydrogen-bond acceptors (Lipinski definition) is 4. The maximum absolute atomic E-state index is 12.6. The van der Waals surface area contributed by atoms with E-state index in [0.717, 1.165) is 16.9 Å². The van der Waals surface area contributed by atoms with Crippen LogP contribution in [-0.2, 0) is 6.54 Å². The molecule has 0 atom stereocenters. The van der Waals surface area contributed by atoms with Crippen LogP contribution in [0.1, 0.15) is 21.7 Å². The van der Waals surface area contributed by atoms with Crippen molar-refractivity contribution in [3.63, 3.8) is 0 Å². The normalized spacial score (nSPS) is 10.4. The molecule has 0 bridgehead atoms. The smallest absolute Gasteiger partial charge is 0.257 e. The molecule has 0 radical (unpaired) electrons. The van der Waals surface area contributed by atoms with Crippen LogP contribution in [0.3, 0.4) is 0 Å². The van der Waals surface area contributed by atoms with E-state index in [0.29, 0.717) is 23.6 Å². The Morgan fingerprint density at radius 2 is 1.96 bits per heavy atom. The lowest BCUT2D eigenvalue weighted by molar-refractivity contribution is 0.0950. The molecule has 2 aromatic carbocycles. The highest BCUT2D eigenvalue weighted by molar-refractivity contribution is 6.00. The highest BCUT2D eigenvalue weighted by Gasteiger charge is 2.21. The molecular weight excluding hydrogens is 304 g/mol. The van der Waals surface area contributed by atoms with Gasteiger partial charge in [0.15, 0.2) is 0 Å². The number of aryl methyl sites for hydroxylation is 1. The largest absolute Gasteiger partial charge is 0.497 e. The molecule has 0 unspecified atom stereocenters. The first-order valence-electron chi connectivity index (χ1n) is 7.62. The fourth-order valence-corrected chi connectivity index (χ4v) is 2.49. The molecule has 0 aliphatic heterocycles. The highest BCUT2D eigenvalue weighted by Crippen LogP contribution is 2.25. The van der Waals surface area contributed by atoms with Crippen LogP contribution in [0.2, 0.25) is 0 Å². The number of amides is 1. The first kappa shape index (κ1) is 15.8.